The molecule has 0 saturated carbocycles. The molecule has 4 heteroatoms. The Morgan fingerprint density at radius 3 is 2.48 bits per heavy atom. The molecule has 1 aliphatic rings. The fourth-order valence-electron chi connectivity index (χ4n) is 2.94. The molecule has 0 amide bonds. The zero-order valence-electron chi connectivity index (χ0n) is 12.0. The van der Waals surface area contributed by atoms with Crippen LogP contribution in [0.1, 0.15) is 49.1 Å². The van der Waals surface area contributed by atoms with Gasteiger partial charge in [0.2, 0.25) is 0 Å². The van der Waals surface area contributed by atoms with E-state index in [0.29, 0.717) is 18.4 Å². The molecule has 1 aromatic heterocycles. The van der Waals surface area contributed by atoms with Crippen LogP contribution >= 0.6 is 11.3 Å². The maximum Gasteiger partial charge on any atom is 0.311 e. The maximum absolute atomic E-state index is 12.7. The SMILES string of the molecule is Cc1ccc(C(=O)c2c(C)sc3c2CCC3C(=O)O)cc1. The number of fused-ring (bicyclic) bond motifs is 1. The largest absolute Gasteiger partial charge is 0.481 e. The van der Waals surface area contributed by atoms with Gasteiger partial charge in [0.1, 0.15) is 0 Å². The van der Waals surface area contributed by atoms with Crippen molar-refractivity contribution in [2.45, 2.75) is 32.6 Å². The third-order valence-corrected chi connectivity index (χ3v) is 5.31. The van der Waals surface area contributed by atoms with Crippen molar-refractivity contribution in [3.63, 3.8) is 0 Å². The molecule has 3 nitrogen and oxygen atoms in total. The summed E-state index contributed by atoms with van der Waals surface area (Å²) >= 11 is 1.46. The van der Waals surface area contributed by atoms with E-state index in [1.54, 1.807) is 0 Å². The summed E-state index contributed by atoms with van der Waals surface area (Å²) in [7, 11) is 0. The third kappa shape index (κ3) is 2.29. The smallest absolute Gasteiger partial charge is 0.311 e. The van der Waals surface area contributed by atoms with Crippen molar-refractivity contribution in [2.75, 3.05) is 0 Å². The topological polar surface area (TPSA) is 54.4 Å². The quantitative estimate of drug-likeness (QED) is 0.879. The van der Waals surface area contributed by atoms with E-state index in [1.807, 2.05) is 38.1 Å². The lowest BCUT2D eigenvalue weighted by Gasteiger charge is -2.04. The highest BCUT2D eigenvalue weighted by atomic mass is 32.1. The summed E-state index contributed by atoms with van der Waals surface area (Å²) in [6.45, 7) is 3.89. The van der Waals surface area contributed by atoms with Gasteiger partial charge in [0.25, 0.3) is 0 Å². The molecule has 0 bridgehead atoms. The van der Waals surface area contributed by atoms with E-state index < -0.39 is 11.9 Å². The van der Waals surface area contributed by atoms with Gasteiger partial charge < -0.3 is 5.11 Å². The number of carboxylic acid groups (broad SMARTS) is 1. The first-order chi connectivity index (χ1) is 9.99. The first-order valence-electron chi connectivity index (χ1n) is 6.95. The molecule has 1 aliphatic carbocycles. The number of hydrogen-bond donors (Lipinski definition) is 1. The first-order valence-corrected chi connectivity index (χ1v) is 7.77. The molecule has 0 aliphatic heterocycles. The van der Waals surface area contributed by atoms with Gasteiger partial charge >= 0.3 is 5.97 Å². The van der Waals surface area contributed by atoms with Gasteiger partial charge in [-0.3, -0.25) is 9.59 Å². The molecule has 1 atom stereocenters. The Balaban J connectivity index is 2.04. The number of carbonyl (C=O) groups excluding carboxylic acids is 1. The number of aliphatic carboxylic acids is 1. The molecule has 21 heavy (non-hydrogen) atoms. The highest BCUT2D eigenvalue weighted by Crippen LogP contribution is 2.43. The number of ketones is 1. The molecule has 1 heterocycles. The van der Waals surface area contributed by atoms with Crippen LogP contribution < -0.4 is 0 Å². The summed E-state index contributed by atoms with van der Waals surface area (Å²) in [4.78, 5) is 25.8. The molecule has 0 radical (unpaired) electrons. The Morgan fingerprint density at radius 2 is 1.86 bits per heavy atom. The van der Waals surface area contributed by atoms with Crippen molar-refractivity contribution in [2.24, 2.45) is 0 Å². The van der Waals surface area contributed by atoms with E-state index in [4.69, 9.17) is 0 Å². The summed E-state index contributed by atoms with van der Waals surface area (Å²) in [5, 5.41) is 9.27. The summed E-state index contributed by atoms with van der Waals surface area (Å²) in [6, 6.07) is 7.53. The van der Waals surface area contributed by atoms with E-state index in [-0.39, 0.29) is 5.78 Å². The number of carbonyl (C=O) groups is 2. The fraction of sp³-hybridized carbons (Fsp3) is 0.294. The van der Waals surface area contributed by atoms with Gasteiger partial charge in [0.15, 0.2) is 5.78 Å². The van der Waals surface area contributed by atoms with Crippen LogP contribution in [0.25, 0.3) is 0 Å². The minimum absolute atomic E-state index is 0.0102. The van der Waals surface area contributed by atoms with Gasteiger partial charge in [0, 0.05) is 20.9 Å². The van der Waals surface area contributed by atoms with E-state index in [0.717, 1.165) is 26.4 Å². The second kappa shape index (κ2) is 5.11. The van der Waals surface area contributed by atoms with Gasteiger partial charge in [-0.25, -0.2) is 0 Å². The lowest BCUT2D eigenvalue weighted by atomic mass is 9.98. The molecule has 1 N–H and O–H groups in total. The van der Waals surface area contributed by atoms with Crippen LogP contribution in [-0.2, 0) is 11.2 Å². The predicted octanol–water partition coefficient (Wildman–Crippen LogP) is 3.71. The Hall–Kier alpha value is -1.94. The number of hydrogen-bond acceptors (Lipinski definition) is 3. The van der Waals surface area contributed by atoms with Gasteiger partial charge in [-0.15, -0.1) is 11.3 Å². The van der Waals surface area contributed by atoms with Crippen molar-refractivity contribution < 1.29 is 14.7 Å². The van der Waals surface area contributed by atoms with Crippen LogP contribution in [0.3, 0.4) is 0 Å². The standard InChI is InChI=1S/C17H16O3S/c1-9-3-5-11(6-4-9)15(18)14-10(2)21-16-12(14)7-8-13(16)17(19)20/h3-6,13H,7-8H2,1-2H3,(H,19,20). The highest BCUT2D eigenvalue weighted by molar-refractivity contribution is 7.12. The van der Waals surface area contributed by atoms with Crippen molar-refractivity contribution in [3.05, 3.63) is 56.3 Å². The van der Waals surface area contributed by atoms with Crippen LogP contribution in [0, 0.1) is 13.8 Å². The molecule has 0 saturated heterocycles. The lowest BCUT2D eigenvalue weighted by molar-refractivity contribution is -0.138. The molecule has 3 rings (SSSR count). The van der Waals surface area contributed by atoms with Crippen molar-refractivity contribution in [3.8, 4) is 0 Å². The van der Waals surface area contributed by atoms with Crippen LogP contribution in [0.15, 0.2) is 24.3 Å². The molecule has 1 aromatic carbocycles. The molecule has 1 unspecified atom stereocenters. The molecule has 0 fully saturated rings. The Morgan fingerprint density at radius 1 is 1.19 bits per heavy atom. The summed E-state index contributed by atoms with van der Waals surface area (Å²) in [6.07, 6.45) is 1.29. The molecular weight excluding hydrogens is 284 g/mol. The van der Waals surface area contributed by atoms with Crippen molar-refractivity contribution in [1.82, 2.24) is 0 Å². The highest BCUT2D eigenvalue weighted by Gasteiger charge is 2.35. The van der Waals surface area contributed by atoms with Gasteiger partial charge in [0.05, 0.1) is 5.92 Å². The minimum Gasteiger partial charge on any atom is -0.481 e. The molecule has 0 spiro atoms. The van der Waals surface area contributed by atoms with Gasteiger partial charge in [-0.2, -0.15) is 0 Å². The van der Waals surface area contributed by atoms with Crippen molar-refractivity contribution in [1.29, 1.82) is 0 Å². The Bertz CT molecular complexity index is 725. The third-order valence-electron chi connectivity index (χ3n) is 4.05. The zero-order valence-corrected chi connectivity index (χ0v) is 12.8. The average Bonchev–Trinajstić information content (AvgIpc) is 2.96. The second-order valence-electron chi connectivity index (χ2n) is 5.50. The van der Waals surface area contributed by atoms with Gasteiger partial charge in [-0.1, -0.05) is 29.8 Å². The normalized spacial score (nSPS) is 16.8. The molecule has 108 valence electrons. The number of rotatable bonds is 3. The summed E-state index contributed by atoms with van der Waals surface area (Å²) in [5.41, 5.74) is 3.46. The Kier molecular flexibility index (Phi) is 3.41. The van der Waals surface area contributed by atoms with Crippen LogP contribution in [0.2, 0.25) is 0 Å². The van der Waals surface area contributed by atoms with Crippen molar-refractivity contribution >= 4 is 23.1 Å². The molecular formula is C17H16O3S. The lowest BCUT2D eigenvalue weighted by Crippen LogP contribution is -2.06. The van der Waals surface area contributed by atoms with Crippen LogP contribution in [0.4, 0.5) is 0 Å². The number of aryl methyl sites for hydroxylation is 2. The number of carboxylic acids is 1. The van der Waals surface area contributed by atoms with E-state index in [2.05, 4.69) is 0 Å². The maximum atomic E-state index is 12.7. The van der Waals surface area contributed by atoms with E-state index in [9.17, 15) is 14.7 Å². The zero-order chi connectivity index (χ0) is 15.1. The average molecular weight is 300 g/mol. The van der Waals surface area contributed by atoms with Crippen LogP contribution in [0.5, 0.6) is 0 Å². The Labute approximate surface area is 127 Å². The number of thiophene rings is 1. The van der Waals surface area contributed by atoms with E-state index in [1.165, 1.54) is 11.3 Å². The minimum atomic E-state index is -0.788. The van der Waals surface area contributed by atoms with E-state index >= 15 is 0 Å². The summed E-state index contributed by atoms with van der Waals surface area (Å²) in [5.74, 6) is -1.22. The second-order valence-corrected chi connectivity index (χ2v) is 6.76. The monoisotopic (exact) mass is 300 g/mol. The fourth-order valence-corrected chi connectivity index (χ4v) is 4.28. The number of benzene rings is 1. The predicted molar refractivity (Wildman–Crippen MR) is 82.4 cm³/mol. The van der Waals surface area contributed by atoms with Crippen LogP contribution in [-0.4, -0.2) is 16.9 Å². The summed E-state index contributed by atoms with van der Waals surface area (Å²) < 4.78 is 0. The first kappa shape index (κ1) is 14.0. The van der Waals surface area contributed by atoms with Gasteiger partial charge in [-0.05, 0) is 32.3 Å². The molecule has 2 aromatic rings.